The molecule has 4 aliphatic carbocycles. The first-order valence-electron chi connectivity index (χ1n) is 26.0. The number of hydrogen-bond donors (Lipinski definition) is 0. The van der Waals surface area contributed by atoms with Crippen LogP contribution in [0.2, 0.25) is 0 Å². The van der Waals surface area contributed by atoms with Crippen LogP contribution in [0, 0.1) is 0 Å². The smallest absolute Gasteiger partial charge is 0.0703 e. The van der Waals surface area contributed by atoms with Gasteiger partial charge >= 0.3 is 0 Å². The van der Waals surface area contributed by atoms with Crippen molar-refractivity contribution in [3.05, 3.63) is 239 Å². The molecule has 4 heteroatoms. The Bertz CT molecular complexity index is 3440. The Labute approximate surface area is 423 Å². The second-order valence-electron chi connectivity index (χ2n) is 21.5. The molecule has 8 aromatic carbocycles. The van der Waals surface area contributed by atoms with Crippen LogP contribution in [-0.2, 0) is 36.5 Å². The monoisotopic (exact) mass is 928 g/mol. The van der Waals surface area contributed by atoms with E-state index in [1.54, 1.807) is 44.2 Å². The summed E-state index contributed by atoms with van der Waals surface area (Å²) in [5.41, 5.74) is 28.9. The molecule has 0 radical (unpaired) electrons. The summed E-state index contributed by atoms with van der Waals surface area (Å²) in [7, 11) is 0. The third-order valence-electron chi connectivity index (χ3n) is 16.7. The van der Waals surface area contributed by atoms with E-state index in [2.05, 4.69) is 219 Å². The van der Waals surface area contributed by atoms with Gasteiger partial charge in [0, 0.05) is 44.7 Å². The molecular formula is C68H56N4. The van der Waals surface area contributed by atoms with Crippen LogP contribution in [0.5, 0.6) is 0 Å². The van der Waals surface area contributed by atoms with Crippen LogP contribution in [0.25, 0.3) is 55.5 Å². The topological polar surface area (TPSA) is 32.3 Å². The van der Waals surface area contributed by atoms with Crippen molar-refractivity contribution in [3.8, 4) is 44.8 Å². The molecule has 4 aliphatic rings. The molecular weight excluding hydrogens is 873 g/mol. The Kier molecular flexibility index (Phi) is 9.64. The predicted octanol–water partition coefficient (Wildman–Crippen LogP) is 17.5. The summed E-state index contributed by atoms with van der Waals surface area (Å²) in [5, 5.41) is 3.18. The van der Waals surface area contributed by atoms with Gasteiger partial charge in [-0.15, -0.1) is 0 Å². The fourth-order valence-electron chi connectivity index (χ4n) is 13.7. The van der Waals surface area contributed by atoms with Crippen LogP contribution in [0.1, 0.15) is 85.0 Å². The van der Waals surface area contributed by atoms with Gasteiger partial charge in [0.15, 0.2) is 0 Å². The first-order valence-corrected chi connectivity index (χ1v) is 26.0. The maximum Gasteiger partial charge on any atom is 0.0703 e. The fraction of sp³-hybridized carbons (Fsp3) is 0.176. The largest absolute Gasteiger partial charge is 0.309 e. The van der Waals surface area contributed by atoms with Crippen molar-refractivity contribution in [2.45, 2.75) is 77.0 Å². The van der Waals surface area contributed by atoms with E-state index in [4.69, 9.17) is 9.97 Å². The Morgan fingerprint density at radius 3 is 1.04 bits per heavy atom. The molecule has 0 saturated carbocycles. The quantitative estimate of drug-likeness (QED) is 0.152. The average Bonchev–Trinajstić information content (AvgIpc) is 3.83. The summed E-state index contributed by atoms with van der Waals surface area (Å²) in [4.78, 5) is 14.9. The second-order valence-corrected chi connectivity index (χ2v) is 21.5. The molecule has 2 aromatic heterocycles. The van der Waals surface area contributed by atoms with Gasteiger partial charge in [-0.1, -0.05) is 125 Å². The number of aryl methyl sites for hydroxylation is 4. The standard InChI is InChI=1S/C68H56N4/c1-67(2)57-39-43(59-37-33-49(41-69-59)71(45-19-9-5-10-20-45)46-21-11-6-12-22-46)31-35-51(57)63-53-27-18-30-56-62(53)61-54(28-17-29-55(61)65(63)67)64-52-36-32-44(40-58(52)68(3,4)66(56)64)60-38-34-50(42-70-60)72(47-23-13-7-14-24-47)48-25-15-8-16-26-48/h5-16,19-26,31-42H,17-18,27-30H2,1-4H3. The van der Waals surface area contributed by atoms with Gasteiger partial charge in [-0.3, -0.25) is 9.97 Å². The lowest BCUT2D eigenvalue weighted by Crippen LogP contribution is -2.23. The van der Waals surface area contributed by atoms with Gasteiger partial charge in [-0.2, -0.15) is 0 Å². The fourth-order valence-corrected chi connectivity index (χ4v) is 13.7. The van der Waals surface area contributed by atoms with Crippen LogP contribution >= 0.6 is 0 Å². The van der Waals surface area contributed by atoms with Crippen LogP contribution in [0.3, 0.4) is 0 Å². The highest BCUT2D eigenvalue weighted by atomic mass is 15.2. The van der Waals surface area contributed by atoms with Gasteiger partial charge in [0.25, 0.3) is 0 Å². The molecule has 4 nitrogen and oxygen atoms in total. The van der Waals surface area contributed by atoms with E-state index >= 15 is 0 Å². The third kappa shape index (κ3) is 6.37. The lowest BCUT2D eigenvalue weighted by molar-refractivity contribution is 0.637. The van der Waals surface area contributed by atoms with E-state index in [1.165, 1.54) is 57.3 Å². The SMILES string of the molecule is CC1(C)c2cc(-c3ccc(N(c4ccccc4)c4ccccc4)cn3)ccc2-c2c1c1c3c(c4c(c5c3c2CCC5)C(C)(C)c2cc(-c3ccc(N(c5ccccc5)c5ccccc5)cn3)ccc2-4)CCC1. The molecule has 0 unspecified atom stereocenters. The molecule has 0 N–H and O–H groups in total. The lowest BCUT2D eigenvalue weighted by Gasteiger charge is -2.35. The third-order valence-corrected chi connectivity index (χ3v) is 16.7. The molecule has 0 aliphatic heterocycles. The minimum Gasteiger partial charge on any atom is -0.309 e. The summed E-state index contributed by atoms with van der Waals surface area (Å²) in [6.45, 7) is 9.99. The Morgan fingerprint density at radius 2 is 0.708 bits per heavy atom. The van der Waals surface area contributed by atoms with Crippen molar-refractivity contribution < 1.29 is 0 Å². The summed E-state index contributed by atoms with van der Waals surface area (Å²) in [6, 6.07) is 65.7. The normalized spacial score (nSPS) is 15.1. The van der Waals surface area contributed by atoms with Crippen LogP contribution in [0.4, 0.5) is 34.1 Å². The first kappa shape index (κ1) is 42.8. The van der Waals surface area contributed by atoms with Gasteiger partial charge < -0.3 is 9.80 Å². The average molecular weight is 929 g/mol. The Morgan fingerprint density at radius 1 is 0.361 bits per heavy atom. The Hall–Kier alpha value is -8.08. The van der Waals surface area contributed by atoms with Gasteiger partial charge in [0.05, 0.1) is 35.2 Å². The zero-order valence-corrected chi connectivity index (χ0v) is 41.5. The maximum atomic E-state index is 5.17. The number of anilines is 6. The maximum absolute atomic E-state index is 5.17. The summed E-state index contributed by atoms with van der Waals surface area (Å²) >= 11 is 0. The molecule has 0 bridgehead atoms. The summed E-state index contributed by atoms with van der Waals surface area (Å²) in [6.07, 6.45) is 10.9. The van der Waals surface area contributed by atoms with Crippen LogP contribution in [0.15, 0.2) is 194 Å². The number of hydrogen-bond acceptors (Lipinski definition) is 4. The van der Waals surface area contributed by atoms with Gasteiger partial charge in [0.2, 0.25) is 0 Å². The van der Waals surface area contributed by atoms with Crippen molar-refractivity contribution in [1.29, 1.82) is 0 Å². The van der Waals surface area contributed by atoms with E-state index < -0.39 is 0 Å². The molecule has 0 spiro atoms. The van der Waals surface area contributed by atoms with E-state index in [0.717, 1.165) is 71.2 Å². The van der Waals surface area contributed by atoms with Gasteiger partial charge in [-0.05, 0) is 201 Å². The van der Waals surface area contributed by atoms with Crippen molar-refractivity contribution >= 4 is 44.9 Å². The highest BCUT2D eigenvalue weighted by Crippen LogP contribution is 2.62. The second kappa shape index (κ2) is 16.2. The van der Waals surface area contributed by atoms with Crippen LogP contribution in [-0.4, -0.2) is 9.97 Å². The highest BCUT2D eigenvalue weighted by molar-refractivity contribution is 6.09. The number of aromatic nitrogens is 2. The Balaban J connectivity index is 0.852. The van der Waals surface area contributed by atoms with E-state index in [0.29, 0.717) is 0 Å². The number of benzene rings is 8. The number of rotatable bonds is 8. The van der Waals surface area contributed by atoms with Crippen LogP contribution < -0.4 is 9.80 Å². The zero-order chi connectivity index (χ0) is 48.3. The molecule has 0 amide bonds. The molecule has 14 rings (SSSR count). The van der Waals surface area contributed by atoms with E-state index in [-0.39, 0.29) is 10.8 Å². The number of fused-ring (bicyclic) bond motifs is 10. The lowest BCUT2D eigenvalue weighted by atomic mass is 9.68. The van der Waals surface area contributed by atoms with Gasteiger partial charge in [0.1, 0.15) is 0 Å². The highest BCUT2D eigenvalue weighted by Gasteiger charge is 2.46. The molecule has 0 fully saturated rings. The predicted molar refractivity (Wildman–Crippen MR) is 299 cm³/mol. The number of pyridine rings is 2. The molecule has 0 atom stereocenters. The molecule has 2 heterocycles. The minimum absolute atomic E-state index is 0.156. The van der Waals surface area contributed by atoms with Crippen molar-refractivity contribution in [2.24, 2.45) is 0 Å². The first-order chi connectivity index (χ1) is 35.3. The summed E-state index contributed by atoms with van der Waals surface area (Å²) in [5.74, 6) is 0. The summed E-state index contributed by atoms with van der Waals surface area (Å²) < 4.78 is 0. The van der Waals surface area contributed by atoms with Crippen molar-refractivity contribution in [2.75, 3.05) is 9.80 Å². The number of nitrogens with zero attached hydrogens (tertiary/aromatic N) is 4. The van der Waals surface area contributed by atoms with Gasteiger partial charge in [-0.25, -0.2) is 0 Å². The zero-order valence-electron chi connectivity index (χ0n) is 41.5. The molecule has 72 heavy (non-hydrogen) atoms. The molecule has 0 saturated heterocycles. The molecule has 10 aromatic rings. The molecule has 348 valence electrons. The van der Waals surface area contributed by atoms with Crippen molar-refractivity contribution in [3.63, 3.8) is 0 Å². The van der Waals surface area contributed by atoms with E-state index in [9.17, 15) is 0 Å². The minimum atomic E-state index is -0.156. The van der Waals surface area contributed by atoms with E-state index in [1.807, 2.05) is 12.4 Å². The number of para-hydroxylation sites is 4. The van der Waals surface area contributed by atoms with Crippen molar-refractivity contribution in [1.82, 2.24) is 9.97 Å².